The van der Waals surface area contributed by atoms with Gasteiger partial charge in [0.15, 0.2) is 0 Å². The lowest BCUT2D eigenvalue weighted by molar-refractivity contribution is 0.641. The Morgan fingerprint density at radius 2 is 2.12 bits per heavy atom. The highest BCUT2D eigenvalue weighted by Gasteiger charge is 2.11. The van der Waals surface area contributed by atoms with Crippen molar-refractivity contribution < 1.29 is 4.39 Å². The molecule has 1 aromatic rings. The second-order valence-corrected chi connectivity index (χ2v) is 4.54. The van der Waals surface area contributed by atoms with Crippen molar-refractivity contribution in [3.63, 3.8) is 0 Å². The predicted octanol–water partition coefficient (Wildman–Crippen LogP) is 2.90. The van der Waals surface area contributed by atoms with E-state index in [1.807, 2.05) is 57.6 Å². The minimum atomic E-state index is -0.0863. The summed E-state index contributed by atoms with van der Waals surface area (Å²) < 4.78 is 16.2. The molecule has 0 aromatic carbocycles. The third-order valence-electron chi connectivity index (χ3n) is 2.90. The van der Waals surface area contributed by atoms with Gasteiger partial charge in [-0.25, -0.2) is 4.39 Å². The molecule has 0 unspecified atom stereocenters. The fraction of sp³-hybridized carbons (Fsp3) is 0.467. The van der Waals surface area contributed by atoms with E-state index in [1.54, 1.807) is 6.08 Å². The molecule has 0 bridgehead atoms. The first kappa shape index (κ1) is 13.8. The maximum atomic E-state index is 14.1. The van der Waals surface area contributed by atoms with E-state index >= 15 is 0 Å². The van der Waals surface area contributed by atoms with Crippen LogP contribution < -0.4 is 10.6 Å². The summed E-state index contributed by atoms with van der Waals surface area (Å²) in [7, 11) is 1.98. The number of hydrogen-bond acceptors (Lipinski definition) is 0. The van der Waals surface area contributed by atoms with E-state index in [0.717, 1.165) is 22.6 Å². The molecule has 0 aliphatic carbocycles. The lowest BCUT2D eigenvalue weighted by atomic mass is 9.99. The van der Waals surface area contributed by atoms with Crippen molar-refractivity contribution in [3.05, 3.63) is 34.7 Å². The number of allylic oxidation sites excluding steroid dienone is 2. The first-order valence-corrected chi connectivity index (χ1v) is 6.20. The van der Waals surface area contributed by atoms with Gasteiger partial charge in [-0.05, 0) is 37.0 Å². The first-order chi connectivity index (χ1) is 8.02. The van der Waals surface area contributed by atoms with Crippen LogP contribution in [0.3, 0.4) is 0 Å². The van der Waals surface area contributed by atoms with Gasteiger partial charge in [-0.2, -0.15) is 0 Å². The van der Waals surface area contributed by atoms with Crippen molar-refractivity contribution >= 4 is 11.6 Å². The Hall–Kier alpha value is -1.31. The SMILES string of the molecule is C\C=c1/c(=C(\C(F)=C\CC)C(C)C)ccn1C. The average Bonchev–Trinajstić information content (AvgIpc) is 2.60. The molecule has 1 rings (SSSR count). The Bertz CT molecular complexity index is 518. The van der Waals surface area contributed by atoms with Crippen molar-refractivity contribution in [1.29, 1.82) is 0 Å². The fourth-order valence-corrected chi connectivity index (χ4v) is 2.13. The van der Waals surface area contributed by atoms with Crippen molar-refractivity contribution in [2.45, 2.75) is 34.1 Å². The summed E-state index contributed by atoms with van der Waals surface area (Å²) in [6.45, 7) is 8.00. The van der Waals surface area contributed by atoms with Crippen LogP contribution in [0.1, 0.15) is 34.1 Å². The third-order valence-corrected chi connectivity index (χ3v) is 2.90. The normalized spacial score (nSPS) is 15.7. The average molecular weight is 235 g/mol. The van der Waals surface area contributed by atoms with Crippen LogP contribution in [0.2, 0.25) is 0 Å². The maximum Gasteiger partial charge on any atom is 0.123 e. The zero-order valence-corrected chi connectivity index (χ0v) is 11.4. The molecule has 1 aromatic heterocycles. The zero-order valence-electron chi connectivity index (χ0n) is 11.4. The molecule has 0 saturated heterocycles. The van der Waals surface area contributed by atoms with E-state index in [0.29, 0.717) is 0 Å². The summed E-state index contributed by atoms with van der Waals surface area (Å²) in [5, 5.41) is 2.08. The summed E-state index contributed by atoms with van der Waals surface area (Å²) in [5.41, 5.74) is 0.806. The highest BCUT2D eigenvalue weighted by molar-refractivity contribution is 5.62. The second-order valence-electron chi connectivity index (χ2n) is 4.54. The van der Waals surface area contributed by atoms with Crippen molar-refractivity contribution in [3.8, 4) is 0 Å². The third kappa shape index (κ3) is 2.87. The molecular formula is C15H22FN. The van der Waals surface area contributed by atoms with Gasteiger partial charge in [0.2, 0.25) is 0 Å². The molecule has 0 atom stereocenters. The van der Waals surface area contributed by atoms with E-state index in [4.69, 9.17) is 0 Å². The topological polar surface area (TPSA) is 4.93 Å². The molecule has 0 aliphatic heterocycles. The zero-order chi connectivity index (χ0) is 13.0. The number of aromatic nitrogens is 1. The maximum absolute atomic E-state index is 14.1. The van der Waals surface area contributed by atoms with Crippen LogP contribution in [0.4, 0.5) is 4.39 Å². The van der Waals surface area contributed by atoms with Crippen LogP contribution in [0.15, 0.2) is 24.2 Å². The van der Waals surface area contributed by atoms with Gasteiger partial charge in [0.1, 0.15) is 5.83 Å². The molecule has 0 fully saturated rings. The van der Waals surface area contributed by atoms with Crippen LogP contribution in [0.25, 0.3) is 11.6 Å². The lowest BCUT2D eigenvalue weighted by Crippen LogP contribution is -2.30. The molecule has 0 spiro atoms. The van der Waals surface area contributed by atoms with Crippen LogP contribution in [-0.2, 0) is 7.05 Å². The molecule has 0 aliphatic rings. The summed E-state index contributed by atoms with van der Waals surface area (Å²) >= 11 is 0. The van der Waals surface area contributed by atoms with Gasteiger partial charge in [-0.15, -0.1) is 0 Å². The van der Waals surface area contributed by atoms with Gasteiger partial charge < -0.3 is 4.57 Å². The summed E-state index contributed by atoms with van der Waals surface area (Å²) in [5.74, 6) is 0.0932. The molecule has 0 radical (unpaired) electrons. The molecule has 1 nitrogen and oxygen atoms in total. The standard InChI is InChI=1S/C15H22FN/c1-6-8-13(16)15(11(3)4)12-9-10-17(5)14(12)7-2/h7-11H,6H2,1-5H3/b13-8-,14-7+,15-12-. The molecule has 0 saturated carbocycles. The number of nitrogens with zero attached hydrogens (tertiary/aromatic N) is 1. The summed E-state index contributed by atoms with van der Waals surface area (Å²) in [4.78, 5) is 0. The van der Waals surface area contributed by atoms with Crippen molar-refractivity contribution in [1.82, 2.24) is 4.57 Å². The lowest BCUT2D eigenvalue weighted by Gasteiger charge is -2.08. The number of halogens is 1. The van der Waals surface area contributed by atoms with E-state index in [-0.39, 0.29) is 11.7 Å². The Morgan fingerprint density at radius 1 is 1.47 bits per heavy atom. The smallest absolute Gasteiger partial charge is 0.123 e. The quantitative estimate of drug-likeness (QED) is 0.759. The minimum Gasteiger partial charge on any atom is -0.351 e. The van der Waals surface area contributed by atoms with Crippen molar-refractivity contribution in [2.24, 2.45) is 13.0 Å². The van der Waals surface area contributed by atoms with Crippen LogP contribution in [-0.4, -0.2) is 4.57 Å². The van der Waals surface area contributed by atoms with E-state index < -0.39 is 0 Å². The molecule has 2 heteroatoms. The Kier molecular flexibility index (Phi) is 4.73. The molecule has 0 amide bonds. The molecule has 1 heterocycles. The first-order valence-electron chi connectivity index (χ1n) is 6.20. The van der Waals surface area contributed by atoms with E-state index in [2.05, 4.69) is 0 Å². The van der Waals surface area contributed by atoms with Crippen LogP contribution in [0.5, 0.6) is 0 Å². The summed E-state index contributed by atoms with van der Waals surface area (Å²) in [6, 6.07) is 1.99. The van der Waals surface area contributed by atoms with Gasteiger partial charge in [-0.1, -0.05) is 26.8 Å². The molecule has 94 valence electrons. The summed E-state index contributed by atoms with van der Waals surface area (Å²) in [6.07, 6.45) is 6.38. The Morgan fingerprint density at radius 3 is 2.59 bits per heavy atom. The molecule has 17 heavy (non-hydrogen) atoms. The Balaban J connectivity index is 3.66. The van der Waals surface area contributed by atoms with Gasteiger partial charge >= 0.3 is 0 Å². The van der Waals surface area contributed by atoms with Gasteiger partial charge in [-0.3, -0.25) is 0 Å². The number of aryl methyl sites for hydroxylation is 1. The number of hydrogen-bond donors (Lipinski definition) is 0. The molecule has 0 N–H and O–H groups in total. The second kappa shape index (κ2) is 5.85. The van der Waals surface area contributed by atoms with Gasteiger partial charge in [0, 0.05) is 23.8 Å². The molecular weight excluding hydrogens is 213 g/mol. The van der Waals surface area contributed by atoms with E-state index in [1.165, 1.54) is 0 Å². The minimum absolute atomic E-state index is 0.0863. The predicted molar refractivity (Wildman–Crippen MR) is 72.5 cm³/mol. The van der Waals surface area contributed by atoms with Crippen LogP contribution in [0, 0.1) is 5.92 Å². The monoisotopic (exact) mass is 235 g/mol. The largest absolute Gasteiger partial charge is 0.351 e. The number of rotatable bonds is 3. The van der Waals surface area contributed by atoms with Crippen LogP contribution >= 0.6 is 0 Å². The van der Waals surface area contributed by atoms with E-state index in [9.17, 15) is 4.39 Å². The van der Waals surface area contributed by atoms with Crippen molar-refractivity contribution in [2.75, 3.05) is 0 Å². The van der Waals surface area contributed by atoms with Gasteiger partial charge in [0.25, 0.3) is 0 Å². The fourth-order valence-electron chi connectivity index (χ4n) is 2.13. The van der Waals surface area contributed by atoms with Gasteiger partial charge in [0.05, 0.1) is 0 Å². The Labute approximate surface area is 103 Å². The highest BCUT2D eigenvalue weighted by atomic mass is 19.1. The highest BCUT2D eigenvalue weighted by Crippen LogP contribution is 2.20.